The van der Waals surface area contributed by atoms with E-state index in [2.05, 4.69) is 17.1 Å². The van der Waals surface area contributed by atoms with Crippen molar-refractivity contribution in [2.75, 3.05) is 26.2 Å². The van der Waals surface area contributed by atoms with Gasteiger partial charge in [0.1, 0.15) is 0 Å². The highest BCUT2D eigenvalue weighted by Crippen LogP contribution is 2.16. The highest BCUT2D eigenvalue weighted by Gasteiger charge is 2.22. The molecule has 1 aliphatic heterocycles. The Morgan fingerprint density at radius 2 is 2.17 bits per heavy atom. The normalized spacial score (nSPS) is 22.2. The number of hydrogen-bond donors (Lipinski definition) is 2. The van der Waals surface area contributed by atoms with Crippen molar-refractivity contribution in [1.82, 2.24) is 10.2 Å². The Labute approximate surface area is 110 Å². The Morgan fingerprint density at radius 3 is 2.89 bits per heavy atom. The molecule has 0 saturated carbocycles. The second-order valence-electron chi connectivity index (χ2n) is 5.01. The van der Waals surface area contributed by atoms with E-state index < -0.39 is 6.10 Å². The molecular formula is C15H24N2O. The molecule has 3 nitrogen and oxygen atoms in total. The summed E-state index contributed by atoms with van der Waals surface area (Å²) in [6.45, 7) is 6.20. The Kier molecular flexibility index (Phi) is 5.17. The van der Waals surface area contributed by atoms with Crippen LogP contribution in [0.3, 0.4) is 0 Å². The number of nitrogens with zero attached hydrogens (tertiary/aromatic N) is 1. The second kappa shape index (κ2) is 6.88. The summed E-state index contributed by atoms with van der Waals surface area (Å²) in [6, 6.07) is 10.5. The van der Waals surface area contributed by atoms with Gasteiger partial charge in [-0.3, -0.25) is 4.90 Å². The molecule has 0 unspecified atom stereocenters. The first kappa shape index (κ1) is 13.5. The third-order valence-electron chi connectivity index (χ3n) is 3.81. The Hall–Kier alpha value is -0.900. The molecular weight excluding hydrogens is 224 g/mol. The summed E-state index contributed by atoms with van der Waals surface area (Å²) in [5, 5.41) is 13.4. The van der Waals surface area contributed by atoms with Gasteiger partial charge in [-0.15, -0.1) is 0 Å². The van der Waals surface area contributed by atoms with Crippen LogP contribution in [0.4, 0.5) is 0 Å². The fraction of sp³-hybridized carbons (Fsp3) is 0.600. The summed E-state index contributed by atoms with van der Waals surface area (Å²) >= 11 is 0. The van der Waals surface area contributed by atoms with Gasteiger partial charge in [-0.1, -0.05) is 37.3 Å². The van der Waals surface area contributed by atoms with Crippen LogP contribution in [-0.2, 0) is 0 Å². The SMILES string of the molecule is CCN1CCC[C@@H]1CNC[C@@H](O)c1ccccc1. The Balaban J connectivity index is 1.72. The van der Waals surface area contributed by atoms with Crippen molar-refractivity contribution >= 4 is 0 Å². The number of aliphatic hydroxyl groups is 1. The largest absolute Gasteiger partial charge is 0.387 e. The predicted octanol–water partition coefficient (Wildman–Crippen LogP) is 1.79. The van der Waals surface area contributed by atoms with Crippen LogP contribution in [0.5, 0.6) is 0 Å². The van der Waals surface area contributed by atoms with E-state index in [4.69, 9.17) is 0 Å². The lowest BCUT2D eigenvalue weighted by Gasteiger charge is -2.23. The van der Waals surface area contributed by atoms with Crippen molar-refractivity contribution in [3.63, 3.8) is 0 Å². The highest BCUT2D eigenvalue weighted by atomic mass is 16.3. The van der Waals surface area contributed by atoms with Gasteiger partial charge in [-0.05, 0) is 31.5 Å². The predicted molar refractivity (Wildman–Crippen MR) is 74.5 cm³/mol. The van der Waals surface area contributed by atoms with Gasteiger partial charge >= 0.3 is 0 Å². The molecule has 2 N–H and O–H groups in total. The zero-order chi connectivity index (χ0) is 12.8. The van der Waals surface area contributed by atoms with Crippen LogP contribution in [0.2, 0.25) is 0 Å². The number of hydrogen-bond acceptors (Lipinski definition) is 3. The number of likely N-dealkylation sites (tertiary alicyclic amines) is 1. The molecule has 1 aliphatic rings. The average molecular weight is 248 g/mol. The van der Waals surface area contributed by atoms with Crippen molar-refractivity contribution < 1.29 is 5.11 Å². The summed E-state index contributed by atoms with van der Waals surface area (Å²) in [7, 11) is 0. The minimum absolute atomic E-state index is 0.400. The van der Waals surface area contributed by atoms with Gasteiger partial charge in [0, 0.05) is 19.1 Å². The number of aliphatic hydroxyl groups excluding tert-OH is 1. The van der Waals surface area contributed by atoms with Crippen LogP contribution in [-0.4, -0.2) is 42.2 Å². The van der Waals surface area contributed by atoms with Crippen LogP contribution in [0.15, 0.2) is 30.3 Å². The van der Waals surface area contributed by atoms with E-state index in [0.717, 1.165) is 18.7 Å². The standard InChI is InChI=1S/C15H24N2O/c1-2-17-10-6-9-14(17)11-16-12-15(18)13-7-4-3-5-8-13/h3-5,7-8,14-16,18H,2,6,9-12H2,1H3/t14-,15-/m1/s1. The molecule has 1 heterocycles. The molecule has 2 atom stereocenters. The molecule has 1 aromatic carbocycles. The minimum atomic E-state index is -0.400. The molecule has 2 rings (SSSR count). The van der Waals surface area contributed by atoms with Crippen LogP contribution >= 0.6 is 0 Å². The monoisotopic (exact) mass is 248 g/mol. The minimum Gasteiger partial charge on any atom is -0.387 e. The average Bonchev–Trinajstić information content (AvgIpc) is 2.87. The van der Waals surface area contributed by atoms with Crippen LogP contribution < -0.4 is 5.32 Å². The van der Waals surface area contributed by atoms with E-state index in [1.165, 1.54) is 19.4 Å². The topological polar surface area (TPSA) is 35.5 Å². The quantitative estimate of drug-likeness (QED) is 0.806. The summed E-state index contributed by atoms with van der Waals surface area (Å²) in [5.74, 6) is 0. The molecule has 0 aromatic heterocycles. The Morgan fingerprint density at radius 1 is 1.39 bits per heavy atom. The number of likely N-dealkylation sites (N-methyl/N-ethyl adjacent to an activating group) is 1. The summed E-state index contributed by atoms with van der Waals surface area (Å²) in [6.07, 6.45) is 2.19. The number of benzene rings is 1. The summed E-state index contributed by atoms with van der Waals surface area (Å²) in [4.78, 5) is 2.52. The fourth-order valence-electron chi connectivity index (χ4n) is 2.72. The third kappa shape index (κ3) is 3.55. The first-order valence-electron chi connectivity index (χ1n) is 6.99. The van der Waals surface area contributed by atoms with Crippen LogP contribution in [0, 0.1) is 0 Å². The van der Waals surface area contributed by atoms with Gasteiger partial charge in [0.05, 0.1) is 6.10 Å². The maximum absolute atomic E-state index is 10.0. The molecule has 0 bridgehead atoms. The lowest BCUT2D eigenvalue weighted by Crippen LogP contribution is -2.39. The maximum Gasteiger partial charge on any atom is 0.0914 e. The lowest BCUT2D eigenvalue weighted by molar-refractivity contribution is 0.168. The fourth-order valence-corrected chi connectivity index (χ4v) is 2.72. The first-order chi connectivity index (χ1) is 8.81. The van der Waals surface area contributed by atoms with Crippen molar-refractivity contribution in [2.45, 2.75) is 31.9 Å². The van der Waals surface area contributed by atoms with Gasteiger partial charge < -0.3 is 10.4 Å². The van der Waals surface area contributed by atoms with Gasteiger partial charge in [-0.25, -0.2) is 0 Å². The molecule has 0 aliphatic carbocycles. The summed E-state index contributed by atoms with van der Waals surface area (Å²) in [5.41, 5.74) is 0.990. The van der Waals surface area contributed by atoms with Gasteiger partial charge in [0.25, 0.3) is 0 Å². The van der Waals surface area contributed by atoms with E-state index in [1.54, 1.807) is 0 Å². The maximum atomic E-state index is 10.0. The van der Waals surface area contributed by atoms with E-state index in [0.29, 0.717) is 12.6 Å². The lowest BCUT2D eigenvalue weighted by atomic mass is 10.1. The van der Waals surface area contributed by atoms with Crippen molar-refractivity contribution in [3.8, 4) is 0 Å². The molecule has 1 aromatic rings. The van der Waals surface area contributed by atoms with E-state index in [-0.39, 0.29) is 0 Å². The third-order valence-corrected chi connectivity index (χ3v) is 3.81. The van der Waals surface area contributed by atoms with Crippen molar-refractivity contribution in [3.05, 3.63) is 35.9 Å². The van der Waals surface area contributed by atoms with E-state index >= 15 is 0 Å². The molecule has 3 heteroatoms. The van der Waals surface area contributed by atoms with Gasteiger partial charge in [-0.2, -0.15) is 0 Å². The van der Waals surface area contributed by atoms with Crippen LogP contribution in [0.1, 0.15) is 31.4 Å². The van der Waals surface area contributed by atoms with Gasteiger partial charge in [0.15, 0.2) is 0 Å². The zero-order valence-electron chi connectivity index (χ0n) is 11.2. The smallest absolute Gasteiger partial charge is 0.0914 e. The van der Waals surface area contributed by atoms with E-state index in [9.17, 15) is 5.11 Å². The Bertz CT molecular complexity index is 342. The zero-order valence-corrected chi connectivity index (χ0v) is 11.2. The van der Waals surface area contributed by atoms with Crippen molar-refractivity contribution in [1.29, 1.82) is 0 Å². The van der Waals surface area contributed by atoms with E-state index in [1.807, 2.05) is 30.3 Å². The molecule has 0 radical (unpaired) electrons. The molecule has 0 amide bonds. The second-order valence-corrected chi connectivity index (χ2v) is 5.01. The van der Waals surface area contributed by atoms with Crippen molar-refractivity contribution in [2.24, 2.45) is 0 Å². The number of rotatable bonds is 6. The van der Waals surface area contributed by atoms with Gasteiger partial charge in [0.2, 0.25) is 0 Å². The molecule has 100 valence electrons. The molecule has 18 heavy (non-hydrogen) atoms. The molecule has 0 spiro atoms. The highest BCUT2D eigenvalue weighted by molar-refractivity contribution is 5.17. The molecule has 1 saturated heterocycles. The summed E-state index contributed by atoms with van der Waals surface area (Å²) < 4.78 is 0. The number of nitrogens with one attached hydrogen (secondary N) is 1. The molecule has 1 fully saturated rings. The van der Waals surface area contributed by atoms with Crippen LogP contribution in [0.25, 0.3) is 0 Å². The first-order valence-corrected chi connectivity index (χ1v) is 6.99.